The molecular formula is C35H40F9N9O8S. The predicted molar refractivity (Wildman–Crippen MR) is 199 cm³/mol. The number of pyridine rings is 2. The molecule has 7 N–H and O–H groups in total. The number of carbonyl (C=O) groups excluding carboxylic acids is 1. The fourth-order valence-corrected chi connectivity index (χ4v) is 6.29. The molecule has 0 bridgehead atoms. The van der Waals surface area contributed by atoms with Crippen LogP contribution in [0, 0.1) is 17.2 Å². The van der Waals surface area contributed by atoms with E-state index in [0.29, 0.717) is 19.1 Å². The van der Waals surface area contributed by atoms with Crippen molar-refractivity contribution in [2.45, 2.75) is 51.4 Å². The standard InChI is InChI=1S/C29H37N9O2S.3C2HF3O2/c1-2-40-28-21(16-30)22(31)15-24(35-28)27(39)34-17-20-6-11-37(12-7-20)19-26-25(18-38-13-9-32-10-14-38)36-29(41-26)23-5-3-4-8-33-23;3*3-2(4,5)1(6)7/h3-5,8,15,20,32H,2,6-7,9-14,17-19H2,1H3,(H2,31,35)(H,34,39);3*(H,6,7). The van der Waals surface area contributed by atoms with Crippen LogP contribution in [0.25, 0.3) is 10.7 Å². The lowest BCUT2D eigenvalue weighted by atomic mass is 9.96. The zero-order valence-corrected chi connectivity index (χ0v) is 33.2. The average molecular weight is 918 g/mol. The quantitative estimate of drug-likeness (QED) is 0.154. The number of aliphatic carboxylic acids is 3. The van der Waals surface area contributed by atoms with Gasteiger partial charge in [0.2, 0.25) is 5.88 Å². The summed E-state index contributed by atoms with van der Waals surface area (Å²) in [6.07, 6.45) is -11.4. The summed E-state index contributed by atoms with van der Waals surface area (Å²) in [5.74, 6) is -8.11. The molecule has 0 atom stereocenters. The molecule has 2 aliphatic heterocycles. The summed E-state index contributed by atoms with van der Waals surface area (Å²) in [4.78, 5) is 59.6. The van der Waals surface area contributed by atoms with E-state index in [-0.39, 0.29) is 28.7 Å². The molecule has 2 aliphatic rings. The van der Waals surface area contributed by atoms with E-state index < -0.39 is 36.4 Å². The molecule has 5 heterocycles. The smallest absolute Gasteiger partial charge is 0.477 e. The van der Waals surface area contributed by atoms with Crippen LogP contribution >= 0.6 is 11.3 Å². The molecule has 0 aromatic carbocycles. The number of rotatable bonds is 10. The van der Waals surface area contributed by atoms with Gasteiger partial charge < -0.3 is 36.4 Å². The number of thiazole rings is 1. The minimum Gasteiger partial charge on any atom is -0.477 e. The number of hydrogen-bond acceptors (Lipinski definition) is 14. The highest BCUT2D eigenvalue weighted by Gasteiger charge is 2.39. The Hall–Kier alpha value is -5.85. The van der Waals surface area contributed by atoms with Crippen molar-refractivity contribution < 1.29 is 78.7 Å². The number of piperidine rings is 1. The number of nitrogens with one attached hydrogen (secondary N) is 2. The molecule has 62 heavy (non-hydrogen) atoms. The molecule has 5 rings (SSSR count). The van der Waals surface area contributed by atoms with Gasteiger partial charge in [0.1, 0.15) is 22.3 Å². The number of nitrogens with zero attached hydrogens (tertiary/aromatic N) is 6. The maximum atomic E-state index is 12.8. The molecule has 0 spiro atoms. The van der Waals surface area contributed by atoms with Crippen LogP contribution < -0.4 is 21.1 Å². The van der Waals surface area contributed by atoms with Gasteiger partial charge in [-0.1, -0.05) is 6.07 Å². The molecule has 0 unspecified atom stereocenters. The Morgan fingerprint density at radius 3 is 1.90 bits per heavy atom. The Labute approximate surface area is 350 Å². The summed E-state index contributed by atoms with van der Waals surface area (Å²) >= 11 is 1.75. The van der Waals surface area contributed by atoms with Gasteiger partial charge >= 0.3 is 36.4 Å². The van der Waals surface area contributed by atoms with Crippen molar-refractivity contribution in [1.29, 1.82) is 5.26 Å². The predicted octanol–water partition coefficient (Wildman–Crippen LogP) is 4.40. The van der Waals surface area contributed by atoms with E-state index in [1.165, 1.54) is 10.9 Å². The highest BCUT2D eigenvalue weighted by atomic mass is 32.1. The molecule has 1 amide bonds. The second-order valence-electron chi connectivity index (χ2n) is 12.8. The van der Waals surface area contributed by atoms with Gasteiger partial charge in [0, 0.05) is 56.9 Å². The first-order valence-corrected chi connectivity index (χ1v) is 18.8. The molecule has 2 saturated heterocycles. The SMILES string of the molecule is CCOc1nc(C(=O)NCC2CCN(Cc3sc(-c4ccccn4)nc3CN3CCNCC3)CC2)cc(N)c1C#N.O=C(O)C(F)(F)F.O=C(O)C(F)(F)F.O=C(O)C(F)(F)F. The molecule has 17 nitrogen and oxygen atoms in total. The number of anilines is 1. The number of nitrogens with two attached hydrogens (primary N) is 1. The van der Waals surface area contributed by atoms with Crippen molar-refractivity contribution in [3.05, 3.63) is 52.3 Å². The topological polar surface area (TPSA) is 257 Å². The molecule has 0 aliphatic carbocycles. The number of carboxylic acid groups (broad SMARTS) is 3. The number of alkyl halides is 9. The first kappa shape index (κ1) is 52.3. The first-order valence-electron chi connectivity index (χ1n) is 17.9. The normalized spacial score (nSPS) is 14.9. The van der Waals surface area contributed by atoms with Gasteiger partial charge in [0.15, 0.2) is 0 Å². The number of carbonyl (C=O) groups is 4. The van der Waals surface area contributed by atoms with E-state index in [0.717, 1.165) is 81.6 Å². The summed E-state index contributed by atoms with van der Waals surface area (Å²) in [7, 11) is 0. The summed E-state index contributed by atoms with van der Waals surface area (Å²) in [6.45, 7) is 10.4. The number of hydrogen-bond donors (Lipinski definition) is 6. The third kappa shape index (κ3) is 18.0. The zero-order chi connectivity index (χ0) is 46.8. The maximum Gasteiger partial charge on any atom is 0.490 e. The Bertz CT molecular complexity index is 1930. The summed E-state index contributed by atoms with van der Waals surface area (Å²) in [5.41, 5.74) is 8.56. The van der Waals surface area contributed by atoms with Crippen LogP contribution in [-0.4, -0.2) is 135 Å². The number of nitrogen functional groups attached to an aromatic ring is 1. The van der Waals surface area contributed by atoms with Crippen molar-refractivity contribution in [2.75, 3.05) is 58.2 Å². The number of ether oxygens (including phenoxy) is 1. The maximum absolute atomic E-state index is 12.8. The highest BCUT2D eigenvalue weighted by Crippen LogP contribution is 2.30. The average Bonchev–Trinajstić information content (AvgIpc) is 3.59. The van der Waals surface area contributed by atoms with Gasteiger partial charge in [-0.15, -0.1) is 11.3 Å². The molecule has 3 aromatic rings. The second kappa shape index (κ2) is 24.0. The Morgan fingerprint density at radius 2 is 1.44 bits per heavy atom. The van der Waals surface area contributed by atoms with Gasteiger partial charge in [0.05, 0.1) is 23.7 Å². The van der Waals surface area contributed by atoms with Gasteiger partial charge in [-0.3, -0.25) is 19.6 Å². The Balaban J connectivity index is 0.000000519. The molecule has 2 fully saturated rings. The molecule has 3 aromatic heterocycles. The number of amides is 1. The largest absolute Gasteiger partial charge is 0.490 e. The van der Waals surface area contributed by atoms with Crippen LogP contribution in [0.15, 0.2) is 30.5 Å². The minimum absolute atomic E-state index is 0.0963. The zero-order valence-electron chi connectivity index (χ0n) is 32.4. The van der Waals surface area contributed by atoms with Crippen molar-refractivity contribution in [2.24, 2.45) is 5.92 Å². The number of piperazine rings is 1. The van der Waals surface area contributed by atoms with Crippen LogP contribution in [-0.2, 0) is 27.5 Å². The second-order valence-corrected chi connectivity index (χ2v) is 13.9. The van der Waals surface area contributed by atoms with Crippen LogP contribution in [0.5, 0.6) is 5.88 Å². The third-order valence-corrected chi connectivity index (χ3v) is 9.35. The first-order chi connectivity index (χ1) is 28.9. The van der Waals surface area contributed by atoms with E-state index in [2.05, 4.69) is 30.4 Å². The van der Waals surface area contributed by atoms with E-state index in [4.69, 9.17) is 45.2 Å². The molecular weight excluding hydrogens is 877 g/mol. The van der Waals surface area contributed by atoms with E-state index in [9.17, 15) is 49.6 Å². The minimum atomic E-state index is -5.08. The number of nitriles is 1. The van der Waals surface area contributed by atoms with Gasteiger partial charge in [-0.05, 0) is 57.0 Å². The molecule has 342 valence electrons. The van der Waals surface area contributed by atoms with Crippen LogP contribution in [0.4, 0.5) is 45.2 Å². The van der Waals surface area contributed by atoms with E-state index in [1.807, 2.05) is 30.5 Å². The molecule has 27 heteroatoms. The van der Waals surface area contributed by atoms with E-state index in [1.54, 1.807) is 18.3 Å². The number of halogens is 9. The number of likely N-dealkylation sites (tertiary alicyclic amines) is 1. The van der Waals surface area contributed by atoms with Gasteiger partial charge in [0.25, 0.3) is 5.91 Å². The van der Waals surface area contributed by atoms with Gasteiger partial charge in [-0.25, -0.2) is 24.4 Å². The van der Waals surface area contributed by atoms with Crippen molar-refractivity contribution in [1.82, 2.24) is 35.4 Å². The summed E-state index contributed by atoms with van der Waals surface area (Å²) in [5, 5.41) is 38.1. The lowest BCUT2D eigenvalue weighted by molar-refractivity contribution is -0.193. The Morgan fingerprint density at radius 1 is 0.903 bits per heavy atom. The van der Waals surface area contributed by atoms with Crippen LogP contribution in [0.3, 0.4) is 0 Å². The third-order valence-electron chi connectivity index (χ3n) is 8.24. The van der Waals surface area contributed by atoms with Crippen LogP contribution in [0.2, 0.25) is 0 Å². The number of carboxylic acids is 3. The van der Waals surface area contributed by atoms with Crippen molar-refractivity contribution >= 4 is 40.8 Å². The fraction of sp³-hybridized carbons (Fsp3) is 0.486. The number of aromatic nitrogens is 3. The lowest BCUT2D eigenvalue weighted by Gasteiger charge is -2.32. The fourth-order valence-electron chi connectivity index (χ4n) is 5.20. The summed E-state index contributed by atoms with van der Waals surface area (Å²) in [6, 6.07) is 9.39. The summed E-state index contributed by atoms with van der Waals surface area (Å²) < 4.78 is 101. The Kier molecular flexibility index (Phi) is 20.2. The van der Waals surface area contributed by atoms with Gasteiger partial charge in [-0.2, -0.15) is 44.8 Å². The van der Waals surface area contributed by atoms with Crippen molar-refractivity contribution in [3.63, 3.8) is 0 Å². The van der Waals surface area contributed by atoms with Crippen LogP contribution in [0.1, 0.15) is 46.4 Å². The van der Waals surface area contributed by atoms with E-state index >= 15 is 0 Å². The van der Waals surface area contributed by atoms with Crippen molar-refractivity contribution in [3.8, 4) is 22.7 Å². The molecule has 0 saturated carbocycles. The monoisotopic (exact) mass is 917 g/mol. The highest BCUT2D eigenvalue weighted by molar-refractivity contribution is 7.15. The molecule has 0 radical (unpaired) electrons. The lowest BCUT2D eigenvalue weighted by Crippen LogP contribution is -2.43.